The Morgan fingerprint density at radius 3 is 2.65 bits per heavy atom. The van der Waals surface area contributed by atoms with E-state index in [1.54, 1.807) is 0 Å². The van der Waals surface area contributed by atoms with Crippen molar-refractivity contribution in [3.63, 3.8) is 0 Å². The maximum atomic E-state index is 11.0. The molecule has 0 amide bonds. The molecule has 3 heteroatoms. The number of carbonyl (C=O) groups is 1. The smallest absolute Gasteiger partial charge is 0.438 e. The molecule has 0 fully saturated rings. The monoisotopic (exact) mass is 232 g/mol. The van der Waals surface area contributed by atoms with Gasteiger partial charge in [0, 0.05) is 5.56 Å². The van der Waals surface area contributed by atoms with Gasteiger partial charge in [-0.25, -0.2) is 4.79 Å². The van der Waals surface area contributed by atoms with Crippen molar-refractivity contribution in [2.75, 3.05) is 7.11 Å². The lowest BCUT2D eigenvalue weighted by atomic mass is 10.2. The van der Waals surface area contributed by atoms with E-state index in [9.17, 15) is 4.79 Å². The van der Waals surface area contributed by atoms with Crippen molar-refractivity contribution in [2.24, 2.45) is 0 Å². The molecule has 1 aromatic carbocycles. The molecule has 0 aliphatic carbocycles. The number of carbonyl (C=O) groups excluding carboxylic acids is 1. The molecule has 0 heterocycles. The Morgan fingerprint density at radius 2 is 2.06 bits per heavy atom. The van der Waals surface area contributed by atoms with Gasteiger partial charge in [-0.1, -0.05) is 43.4 Å². The molecular weight excluding hydrogens is 216 g/mol. The first-order valence-corrected chi connectivity index (χ1v) is 5.57. The molecule has 0 aromatic heterocycles. The zero-order valence-electron chi connectivity index (χ0n) is 10.1. The predicted molar refractivity (Wildman–Crippen MR) is 65.5 cm³/mol. The fraction of sp³-hybridized carbons (Fsp3) is 0.357. The number of rotatable bonds is 3. The van der Waals surface area contributed by atoms with Crippen LogP contribution < -0.4 is 0 Å². The first kappa shape index (κ1) is 13.1. The summed E-state index contributed by atoms with van der Waals surface area (Å²) in [5, 5.41) is 0. The van der Waals surface area contributed by atoms with Crippen LogP contribution in [0.5, 0.6) is 0 Å². The van der Waals surface area contributed by atoms with Crippen LogP contribution in [0.4, 0.5) is 4.79 Å². The number of benzene rings is 1. The summed E-state index contributed by atoms with van der Waals surface area (Å²) in [4.78, 5) is 11.0. The van der Waals surface area contributed by atoms with Gasteiger partial charge in [-0.2, -0.15) is 0 Å². The Bertz CT molecular complexity index is 400. The molecule has 0 aliphatic heterocycles. The van der Waals surface area contributed by atoms with Gasteiger partial charge in [0.25, 0.3) is 0 Å². The van der Waals surface area contributed by atoms with Crippen molar-refractivity contribution in [3.8, 4) is 11.8 Å². The van der Waals surface area contributed by atoms with E-state index in [1.807, 2.05) is 37.3 Å². The van der Waals surface area contributed by atoms with Gasteiger partial charge in [0.1, 0.15) is 0 Å². The summed E-state index contributed by atoms with van der Waals surface area (Å²) in [6.45, 7) is 2.01. The predicted octanol–water partition coefficient (Wildman–Crippen LogP) is 2.99. The maximum absolute atomic E-state index is 11.0. The van der Waals surface area contributed by atoms with Crippen LogP contribution in [0, 0.1) is 11.8 Å². The van der Waals surface area contributed by atoms with Crippen molar-refractivity contribution in [3.05, 3.63) is 35.9 Å². The second-order valence-corrected chi connectivity index (χ2v) is 3.48. The fourth-order valence-electron chi connectivity index (χ4n) is 1.27. The van der Waals surface area contributed by atoms with E-state index >= 15 is 0 Å². The second-order valence-electron chi connectivity index (χ2n) is 3.48. The highest BCUT2D eigenvalue weighted by atomic mass is 16.7. The van der Waals surface area contributed by atoms with Crippen molar-refractivity contribution in [2.45, 2.75) is 25.9 Å². The Kier molecular flexibility index (Phi) is 5.67. The highest BCUT2D eigenvalue weighted by Crippen LogP contribution is 2.03. The van der Waals surface area contributed by atoms with Gasteiger partial charge < -0.3 is 9.47 Å². The van der Waals surface area contributed by atoms with E-state index in [0.717, 1.165) is 12.0 Å². The third-order valence-corrected chi connectivity index (χ3v) is 2.11. The quantitative estimate of drug-likeness (QED) is 0.593. The molecule has 1 aromatic rings. The van der Waals surface area contributed by atoms with Crippen LogP contribution in [0.25, 0.3) is 0 Å². The summed E-state index contributed by atoms with van der Waals surface area (Å²) in [5.74, 6) is 5.91. The lowest BCUT2D eigenvalue weighted by Crippen LogP contribution is -2.16. The minimum absolute atomic E-state index is 0.410. The van der Waals surface area contributed by atoms with E-state index in [2.05, 4.69) is 16.6 Å². The van der Waals surface area contributed by atoms with Crippen LogP contribution in [0.2, 0.25) is 0 Å². The SMILES string of the molecule is CCCC(C#Cc1ccccc1)OC(=O)OC. The first-order valence-electron chi connectivity index (χ1n) is 5.57. The van der Waals surface area contributed by atoms with E-state index in [1.165, 1.54) is 7.11 Å². The topological polar surface area (TPSA) is 35.5 Å². The standard InChI is InChI=1S/C14H16O3/c1-3-7-13(17-14(15)16-2)11-10-12-8-5-4-6-9-12/h4-6,8-9,13H,3,7H2,1-2H3. The minimum Gasteiger partial charge on any atom is -0.438 e. The molecule has 3 nitrogen and oxygen atoms in total. The number of hydrogen-bond acceptors (Lipinski definition) is 3. The lowest BCUT2D eigenvalue weighted by molar-refractivity contribution is 0.0527. The molecule has 1 atom stereocenters. The van der Waals surface area contributed by atoms with E-state index in [0.29, 0.717) is 6.42 Å². The van der Waals surface area contributed by atoms with Crippen LogP contribution in [-0.2, 0) is 9.47 Å². The van der Waals surface area contributed by atoms with Crippen LogP contribution >= 0.6 is 0 Å². The molecule has 0 saturated carbocycles. The number of ether oxygens (including phenoxy) is 2. The molecule has 0 aliphatic rings. The molecule has 0 radical (unpaired) electrons. The Hall–Kier alpha value is -1.95. The van der Waals surface area contributed by atoms with Gasteiger partial charge in [0.2, 0.25) is 0 Å². The van der Waals surface area contributed by atoms with Crippen molar-refractivity contribution in [1.82, 2.24) is 0 Å². The molecule has 90 valence electrons. The summed E-state index contributed by atoms with van der Waals surface area (Å²) in [7, 11) is 1.29. The molecule has 0 spiro atoms. The zero-order valence-corrected chi connectivity index (χ0v) is 10.1. The Balaban J connectivity index is 2.66. The maximum Gasteiger partial charge on any atom is 0.509 e. The zero-order chi connectivity index (χ0) is 12.5. The summed E-state index contributed by atoms with van der Waals surface area (Å²) < 4.78 is 9.48. The van der Waals surface area contributed by atoms with E-state index in [-0.39, 0.29) is 0 Å². The summed E-state index contributed by atoms with van der Waals surface area (Å²) in [6, 6.07) is 9.59. The van der Waals surface area contributed by atoms with Crippen LogP contribution in [-0.4, -0.2) is 19.4 Å². The first-order chi connectivity index (χ1) is 8.26. The summed E-state index contributed by atoms with van der Waals surface area (Å²) in [5.41, 5.74) is 0.905. The van der Waals surface area contributed by atoms with Crippen molar-refractivity contribution >= 4 is 6.16 Å². The van der Waals surface area contributed by atoms with Gasteiger partial charge in [-0.05, 0) is 18.6 Å². The van der Waals surface area contributed by atoms with Gasteiger partial charge in [0.05, 0.1) is 7.11 Å². The highest BCUT2D eigenvalue weighted by molar-refractivity contribution is 5.60. The van der Waals surface area contributed by atoms with Gasteiger partial charge in [0.15, 0.2) is 6.10 Å². The van der Waals surface area contributed by atoms with Crippen LogP contribution in [0.1, 0.15) is 25.3 Å². The number of hydrogen-bond donors (Lipinski definition) is 0. The molecule has 0 N–H and O–H groups in total. The molecule has 1 unspecified atom stereocenters. The van der Waals surface area contributed by atoms with Crippen molar-refractivity contribution in [1.29, 1.82) is 0 Å². The molecular formula is C14H16O3. The fourth-order valence-corrected chi connectivity index (χ4v) is 1.27. The third kappa shape index (κ3) is 5.07. The van der Waals surface area contributed by atoms with E-state index in [4.69, 9.17) is 4.74 Å². The number of methoxy groups -OCH3 is 1. The normalized spacial score (nSPS) is 10.9. The molecule has 17 heavy (non-hydrogen) atoms. The Morgan fingerprint density at radius 1 is 1.35 bits per heavy atom. The average molecular weight is 232 g/mol. The Labute approximate surface area is 102 Å². The van der Waals surface area contributed by atoms with Crippen molar-refractivity contribution < 1.29 is 14.3 Å². The minimum atomic E-state index is -0.689. The molecule has 0 saturated heterocycles. The van der Waals surface area contributed by atoms with Crippen LogP contribution in [0.3, 0.4) is 0 Å². The van der Waals surface area contributed by atoms with Gasteiger partial charge in [-0.15, -0.1) is 0 Å². The van der Waals surface area contributed by atoms with Gasteiger partial charge in [-0.3, -0.25) is 0 Å². The molecule has 1 rings (SSSR count). The second kappa shape index (κ2) is 7.34. The molecule has 0 bridgehead atoms. The summed E-state index contributed by atoms with van der Waals surface area (Å²) in [6.07, 6.45) is 0.499. The summed E-state index contributed by atoms with van der Waals surface area (Å²) >= 11 is 0. The third-order valence-electron chi connectivity index (χ3n) is 2.11. The highest BCUT2D eigenvalue weighted by Gasteiger charge is 2.10. The lowest BCUT2D eigenvalue weighted by Gasteiger charge is -2.09. The average Bonchev–Trinajstić information content (AvgIpc) is 2.37. The van der Waals surface area contributed by atoms with Crippen LogP contribution in [0.15, 0.2) is 30.3 Å². The van der Waals surface area contributed by atoms with Gasteiger partial charge >= 0.3 is 6.16 Å². The largest absolute Gasteiger partial charge is 0.509 e. The van der Waals surface area contributed by atoms with E-state index < -0.39 is 12.3 Å².